The van der Waals surface area contributed by atoms with Gasteiger partial charge >= 0.3 is 5.97 Å². The number of ether oxygens (including phenoxy) is 2. The third-order valence-electron chi connectivity index (χ3n) is 4.07. The summed E-state index contributed by atoms with van der Waals surface area (Å²) in [7, 11) is 1.62. The Labute approximate surface area is 154 Å². The largest absolute Gasteiger partial charge is 0.497 e. The molecule has 1 atom stereocenters. The second kappa shape index (κ2) is 7.25. The first-order valence-electron chi connectivity index (χ1n) is 8.18. The number of nitrogens with zero attached hydrogens (tertiary/aromatic N) is 3. The molecule has 0 aliphatic carbocycles. The lowest BCUT2D eigenvalue weighted by molar-refractivity contribution is -0.137. The van der Waals surface area contributed by atoms with Crippen molar-refractivity contribution in [2.24, 2.45) is 0 Å². The molecule has 0 radical (unpaired) electrons. The fourth-order valence-corrected chi connectivity index (χ4v) is 3.76. The lowest BCUT2D eigenvalue weighted by atomic mass is 10.2. The molecular formula is C18H17N3O4S. The molecule has 3 heterocycles. The predicted octanol–water partition coefficient (Wildman–Crippen LogP) is 3.00. The van der Waals surface area contributed by atoms with Crippen molar-refractivity contribution < 1.29 is 18.7 Å². The van der Waals surface area contributed by atoms with Crippen LogP contribution in [0.25, 0.3) is 11.4 Å². The van der Waals surface area contributed by atoms with E-state index >= 15 is 0 Å². The standard InChI is InChI=1S/C18H17N3O4S/c1-23-13-5-2-4-12(10-13)16-19-20-18(26-15-7-9-25-17(15)22)21(16)11-14-6-3-8-24-14/h2-6,8,10,15H,7,9,11H2,1H3/t15-/m0/s1. The monoisotopic (exact) mass is 371 g/mol. The highest BCUT2D eigenvalue weighted by molar-refractivity contribution is 8.00. The topological polar surface area (TPSA) is 79.4 Å². The SMILES string of the molecule is COc1cccc(-c2nnc(S[C@H]3CCOC3=O)n2Cc2ccco2)c1. The van der Waals surface area contributed by atoms with Crippen molar-refractivity contribution in [1.29, 1.82) is 0 Å². The van der Waals surface area contributed by atoms with Crippen LogP contribution in [0.5, 0.6) is 5.75 Å². The van der Waals surface area contributed by atoms with Crippen LogP contribution in [0.1, 0.15) is 12.2 Å². The highest BCUT2D eigenvalue weighted by atomic mass is 32.2. The van der Waals surface area contributed by atoms with Crippen molar-refractivity contribution in [3.8, 4) is 17.1 Å². The van der Waals surface area contributed by atoms with E-state index in [1.807, 2.05) is 41.0 Å². The van der Waals surface area contributed by atoms with Gasteiger partial charge in [0.1, 0.15) is 16.8 Å². The van der Waals surface area contributed by atoms with Crippen LogP contribution < -0.4 is 4.74 Å². The fourth-order valence-electron chi connectivity index (χ4n) is 2.76. The summed E-state index contributed by atoms with van der Waals surface area (Å²) < 4.78 is 17.8. The minimum absolute atomic E-state index is 0.203. The second-order valence-electron chi connectivity index (χ2n) is 5.77. The van der Waals surface area contributed by atoms with Crippen molar-refractivity contribution >= 4 is 17.7 Å². The third kappa shape index (κ3) is 3.32. The predicted molar refractivity (Wildman–Crippen MR) is 95.0 cm³/mol. The van der Waals surface area contributed by atoms with E-state index in [0.29, 0.717) is 30.6 Å². The van der Waals surface area contributed by atoms with E-state index in [1.165, 1.54) is 11.8 Å². The molecule has 1 aliphatic heterocycles. The zero-order valence-electron chi connectivity index (χ0n) is 14.1. The van der Waals surface area contributed by atoms with Gasteiger partial charge in [-0.3, -0.25) is 9.36 Å². The number of aromatic nitrogens is 3. The molecule has 0 bridgehead atoms. The molecule has 134 valence electrons. The first-order valence-corrected chi connectivity index (χ1v) is 9.06. The number of rotatable bonds is 6. The summed E-state index contributed by atoms with van der Waals surface area (Å²) in [5.74, 6) is 2.01. The van der Waals surface area contributed by atoms with E-state index in [9.17, 15) is 4.79 Å². The summed E-state index contributed by atoms with van der Waals surface area (Å²) in [6.45, 7) is 0.919. The van der Waals surface area contributed by atoms with Crippen LogP contribution in [-0.2, 0) is 16.1 Å². The molecule has 0 saturated carbocycles. The van der Waals surface area contributed by atoms with Gasteiger partial charge < -0.3 is 13.9 Å². The Bertz CT molecular complexity index is 907. The van der Waals surface area contributed by atoms with E-state index in [0.717, 1.165) is 17.1 Å². The highest BCUT2D eigenvalue weighted by Gasteiger charge is 2.30. The van der Waals surface area contributed by atoms with Gasteiger partial charge in [0.05, 0.1) is 26.5 Å². The number of carbonyl (C=O) groups excluding carboxylic acids is 1. The van der Waals surface area contributed by atoms with E-state index in [4.69, 9.17) is 13.9 Å². The Morgan fingerprint density at radius 2 is 2.23 bits per heavy atom. The molecule has 2 aromatic heterocycles. The number of carbonyl (C=O) groups is 1. The van der Waals surface area contributed by atoms with Crippen molar-refractivity contribution in [3.63, 3.8) is 0 Å². The number of thioether (sulfide) groups is 1. The van der Waals surface area contributed by atoms with E-state index in [2.05, 4.69) is 10.2 Å². The summed E-state index contributed by atoms with van der Waals surface area (Å²) in [5, 5.41) is 9.06. The average molecular weight is 371 g/mol. The number of benzene rings is 1. The summed E-state index contributed by atoms with van der Waals surface area (Å²) in [5.41, 5.74) is 0.879. The Morgan fingerprint density at radius 1 is 1.31 bits per heavy atom. The Kier molecular flexibility index (Phi) is 4.66. The van der Waals surface area contributed by atoms with Gasteiger partial charge in [0, 0.05) is 12.0 Å². The number of esters is 1. The number of hydrogen-bond acceptors (Lipinski definition) is 7. The molecular weight excluding hydrogens is 354 g/mol. The molecule has 0 unspecified atom stereocenters. The molecule has 3 aromatic rings. The Morgan fingerprint density at radius 3 is 2.96 bits per heavy atom. The van der Waals surface area contributed by atoms with Gasteiger partial charge in [0.25, 0.3) is 0 Å². The van der Waals surface area contributed by atoms with Crippen LogP contribution in [0.15, 0.2) is 52.2 Å². The van der Waals surface area contributed by atoms with Gasteiger partial charge in [0.15, 0.2) is 11.0 Å². The van der Waals surface area contributed by atoms with Gasteiger partial charge in [-0.15, -0.1) is 10.2 Å². The molecule has 26 heavy (non-hydrogen) atoms. The van der Waals surface area contributed by atoms with Gasteiger partial charge in [-0.1, -0.05) is 23.9 Å². The first-order chi connectivity index (χ1) is 12.7. The molecule has 4 rings (SSSR count). The summed E-state index contributed by atoms with van der Waals surface area (Å²) in [6, 6.07) is 11.4. The molecule has 0 spiro atoms. The Balaban J connectivity index is 1.71. The minimum Gasteiger partial charge on any atom is -0.497 e. The maximum Gasteiger partial charge on any atom is 0.319 e. The van der Waals surface area contributed by atoms with Crippen LogP contribution >= 0.6 is 11.8 Å². The van der Waals surface area contributed by atoms with Crippen molar-refractivity contribution in [2.45, 2.75) is 23.4 Å². The first kappa shape index (κ1) is 16.7. The maximum absolute atomic E-state index is 11.8. The normalized spacial score (nSPS) is 16.7. The maximum atomic E-state index is 11.8. The molecule has 7 nitrogen and oxygen atoms in total. The molecule has 8 heteroatoms. The minimum atomic E-state index is -0.257. The van der Waals surface area contributed by atoms with Crippen LogP contribution in [0.4, 0.5) is 0 Å². The zero-order valence-corrected chi connectivity index (χ0v) is 14.9. The van der Waals surface area contributed by atoms with E-state index < -0.39 is 0 Å². The third-order valence-corrected chi connectivity index (χ3v) is 5.30. The van der Waals surface area contributed by atoms with Gasteiger partial charge in [0.2, 0.25) is 0 Å². The molecule has 1 aromatic carbocycles. The molecule has 1 fully saturated rings. The van der Waals surface area contributed by atoms with Gasteiger partial charge in [-0.2, -0.15) is 0 Å². The molecule has 1 aliphatic rings. The lowest BCUT2D eigenvalue weighted by Crippen LogP contribution is -2.12. The fraction of sp³-hybridized carbons (Fsp3) is 0.278. The van der Waals surface area contributed by atoms with Gasteiger partial charge in [-0.25, -0.2) is 0 Å². The number of methoxy groups -OCH3 is 1. The van der Waals surface area contributed by atoms with Gasteiger partial charge in [-0.05, 0) is 24.3 Å². The molecule has 0 amide bonds. The summed E-state index contributed by atoms with van der Waals surface area (Å²) in [4.78, 5) is 11.8. The zero-order chi connectivity index (χ0) is 17.9. The summed E-state index contributed by atoms with van der Waals surface area (Å²) >= 11 is 1.38. The van der Waals surface area contributed by atoms with Crippen molar-refractivity contribution in [2.75, 3.05) is 13.7 Å². The van der Waals surface area contributed by atoms with Crippen LogP contribution in [0.3, 0.4) is 0 Å². The van der Waals surface area contributed by atoms with E-state index in [1.54, 1.807) is 13.4 Å². The van der Waals surface area contributed by atoms with Crippen LogP contribution in [0.2, 0.25) is 0 Å². The average Bonchev–Trinajstić information content (AvgIpc) is 3.40. The second-order valence-corrected chi connectivity index (χ2v) is 6.94. The number of cyclic esters (lactones) is 1. The lowest BCUT2D eigenvalue weighted by Gasteiger charge is -2.11. The van der Waals surface area contributed by atoms with Crippen LogP contribution in [0, 0.1) is 0 Å². The smallest absolute Gasteiger partial charge is 0.319 e. The highest BCUT2D eigenvalue weighted by Crippen LogP contribution is 2.32. The number of hydrogen-bond donors (Lipinski definition) is 0. The number of furan rings is 1. The Hall–Kier alpha value is -2.74. The summed E-state index contributed by atoms with van der Waals surface area (Å²) in [6.07, 6.45) is 2.30. The van der Waals surface area contributed by atoms with Crippen molar-refractivity contribution in [1.82, 2.24) is 14.8 Å². The molecule has 0 N–H and O–H groups in total. The molecule has 1 saturated heterocycles. The van der Waals surface area contributed by atoms with E-state index in [-0.39, 0.29) is 11.2 Å². The quantitative estimate of drug-likeness (QED) is 0.616. The van der Waals surface area contributed by atoms with Crippen LogP contribution in [-0.4, -0.2) is 39.7 Å². The van der Waals surface area contributed by atoms with Crippen molar-refractivity contribution in [3.05, 3.63) is 48.4 Å².